The van der Waals surface area contributed by atoms with Gasteiger partial charge in [0.15, 0.2) is 11.6 Å². The lowest BCUT2D eigenvalue weighted by atomic mass is 10.2. The number of ether oxygens (including phenoxy) is 1. The van der Waals surface area contributed by atoms with Gasteiger partial charge in [-0.25, -0.2) is 24.1 Å². The van der Waals surface area contributed by atoms with Gasteiger partial charge in [-0.15, -0.1) is 0 Å². The molecular weight excluding hydrogens is 464 g/mol. The van der Waals surface area contributed by atoms with Gasteiger partial charge >= 0.3 is 6.09 Å². The first kappa shape index (κ1) is 22.3. The van der Waals surface area contributed by atoms with Gasteiger partial charge in [0.05, 0.1) is 25.0 Å². The summed E-state index contributed by atoms with van der Waals surface area (Å²) in [6.45, 7) is 3.91. The molecule has 2 amide bonds. The average Bonchev–Trinajstić information content (AvgIpc) is 3.12. The third kappa shape index (κ3) is 4.94. The first-order chi connectivity index (χ1) is 15.3. The Morgan fingerprint density at radius 3 is 2.59 bits per heavy atom. The highest BCUT2D eigenvalue weighted by molar-refractivity contribution is 6.32. The number of hydrogen-bond acceptors (Lipinski definition) is 8. The van der Waals surface area contributed by atoms with E-state index in [9.17, 15) is 14.0 Å². The molecule has 1 atom stereocenters. The molecule has 32 heavy (non-hydrogen) atoms. The van der Waals surface area contributed by atoms with Crippen LogP contribution in [0.4, 0.5) is 26.5 Å². The second-order valence-corrected chi connectivity index (χ2v) is 8.07. The van der Waals surface area contributed by atoms with E-state index in [-0.39, 0.29) is 35.3 Å². The molecule has 2 aromatic heterocycles. The maximum absolute atomic E-state index is 14.9. The van der Waals surface area contributed by atoms with Crippen LogP contribution in [0.2, 0.25) is 10.4 Å². The van der Waals surface area contributed by atoms with Gasteiger partial charge in [-0.3, -0.25) is 9.69 Å². The van der Waals surface area contributed by atoms with Gasteiger partial charge < -0.3 is 19.9 Å². The largest absolute Gasteiger partial charge is 0.442 e. The van der Waals surface area contributed by atoms with E-state index in [2.05, 4.69) is 20.3 Å². The van der Waals surface area contributed by atoms with Gasteiger partial charge in [-0.1, -0.05) is 11.6 Å². The molecule has 1 N–H and O–H groups in total. The highest BCUT2D eigenvalue weighted by Gasteiger charge is 2.33. The van der Waals surface area contributed by atoms with Gasteiger partial charge in [0.25, 0.3) is 0 Å². The van der Waals surface area contributed by atoms with Crippen LogP contribution in [0.3, 0.4) is 0 Å². The van der Waals surface area contributed by atoms with Crippen LogP contribution in [0.25, 0.3) is 0 Å². The third-order valence-electron chi connectivity index (χ3n) is 5.13. The van der Waals surface area contributed by atoms with Crippen LogP contribution in [-0.4, -0.2) is 72.3 Å². The molecule has 10 nitrogen and oxygen atoms in total. The van der Waals surface area contributed by atoms with E-state index in [0.717, 1.165) is 0 Å². The second-order valence-electron chi connectivity index (χ2n) is 7.34. The number of hydrogen-bond donors (Lipinski definition) is 1. The minimum Gasteiger partial charge on any atom is -0.442 e. The summed E-state index contributed by atoms with van der Waals surface area (Å²) in [4.78, 5) is 40.6. The molecule has 0 spiro atoms. The Balaban J connectivity index is 1.40. The normalized spacial score (nSPS) is 18.7. The molecule has 0 saturated carbocycles. The van der Waals surface area contributed by atoms with Gasteiger partial charge in [0, 0.05) is 45.2 Å². The smallest absolute Gasteiger partial charge is 0.414 e. The monoisotopic (exact) mass is 483 g/mol. The van der Waals surface area contributed by atoms with Crippen molar-refractivity contribution in [3.8, 4) is 0 Å². The van der Waals surface area contributed by atoms with Crippen molar-refractivity contribution in [3.05, 3.63) is 34.6 Å². The van der Waals surface area contributed by atoms with Crippen molar-refractivity contribution < 1.29 is 18.7 Å². The van der Waals surface area contributed by atoms with Crippen molar-refractivity contribution in [1.82, 2.24) is 20.3 Å². The molecule has 0 unspecified atom stereocenters. The number of piperazine rings is 1. The Morgan fingerprint density at radius 1 is 1.22 bits per heavy atom. The number of nitrogens with one attached hydrogen (secondary N) is 1. The number of nitrogens with zero attached hydrogens (tertiary/aromatic N) is 6. The quantitative estimate of drug-likeness (QED) is 0.509. The number of carbonyl (C=O) groups excluding carboxylic acids is 2. The number of amides is 2. The molecule has 2 saturated heterocycles. The Labute approximate surface area is 193 Å². The van der Waals surface area contributed by atoms with E-state index >= 15 is 0 Å². The topological polar surface area (TPSA) is 104 Å². The van der Waals surface area contributed by atoms with E-state index in [1.807, 2.05) is 9.80 Å². The molecule has 2 aliphatic heterocycles. The summed E-state index contributed by atoms with van der Waals surface area (Å²) >= 11 is 11.8. The molecule has 0 aromatic carbocycles. The first-order valence-corrected chi connectivity index (χ1v) is 10.6. The summed E-state index contributed by atoms with van der Waals surface area (Å²) in [6, 6.07) is 2.89. The van der Waals surface area contributed by atoms with E-state index in [1.54, 1.807) is 6.07 Å². The van der Waals surface area contributed by atoms with E-state index in [1.165, 1.54) is 24.1 Å². The van der Waals surface area contributed by atoms with Crippen molar-refractivity contribution in [2.75, 3.05) is 54.0 Å². The molecule has 2 aliphatic rings. The van der Waals surface area contributed by atoms with Gasteiger partial charge in [0.2, 0.25) is 11.2 Å². The predicted octanol–water partition coefficient (Wildman–Crippen LogP) is 2.11. The van der Waals surface area contributed by atoms with E-state index in [0.29, 0.717) is 37.7 Å². The number of halogens is 3. The van der Waals surface area contributed by atoms with Crippen LogP contribution in [0.5, 0.6) is 0 Å². The zero-order valence-electron chi connectivity index (χ0n) is 17.1. The van der Waals surface area contributed by atoms with Crippen molar-refractivity contribution in [1.29, 1.82) is 0 Å². The molecule has 2 fully saturated rings. The van der Waals surface area contributed by atoms with Crippen LogP contribution in [0.1, 0.15) is 6.92 Å². The zero-order valence-corrected chi connectivity index (χ0v) is 18.6. The summed E-state index contributed by atoms with van der Waals surface area (Å²) < 4.78 is 20.1. The minimum absolute atomic E-state index is 0.0676. The van der Waals surface area contributed by atoms with Crippen molar-refractivity contribution in [3.63, 3.8) is 0 Å². The SMILES string of the molecule is CC(=O)NC[C@H]1CN(c2cnc(N3CCN(c4cc(Cl)nc(Cl)n4)CC3)c(F)c2)C(=O)O1. The fourth-order valence-corrected chi connectivity index (χ4v) is 3.98. The van der Waals surface area contributed by atoms with Crippen molar-refractivity contribution >= 4 is 52.5 Å². The summed E-state index contributed by atoms with van der Waals surface area (Å²) in [6.07, 6.45) is 0.327. The van der Waals surface area contributed by atoms with Crippen LogP contribution < -0.4 is 20.0 Å². The Hall–Kier alpha value is -2.92. The molecule has 0 bridgehead atoms. The summed E-state index contributed by atoms with van der Waals surface area (Å²) in [7, 11) is 0. The van der Waals surface area contributed by atoms with Gasteiger partial charge in [-0.05, 0) is 11.6 Å². The molecule has 2 aromatic rings. The van der Waals surface area contributed by atoms with Crippen LogP contribution >= 0.6 is 23.2 Å². The number of carbonyl (C=O) groups is 2. The lowest BCUT2D eigenvalue weighted by Crippen LogP contribution is -2.47. The summed E-state index contributed by atoms with van der Waals surface area (Å²) in [5.41, 5.74) is 0.297. The van der Waals surface area contributed by atoms with Gasteiger partial charge in [0.1, 0.15) is 17.1 Å². The number of cyclic esters (lactones) is 1. The zero-order chi connectivity index (χ0) is 22.8. The third-order valence-corrected chi connectivity index (χ3v) is 5.49. The minimum atomic E-state index is -0.606. The standard InChI is InChI=1S/C19H20Cl2FN7O3/c1-11(30)23-9-13-10-29(19(31)32-13)12-6-14(22)17(24-8-12)28-4-2-27(3-5-28)16-7-15(20)25-18(21)26-16/h6-8,13H,2-5,9-10H2,1H3,(H,23,30)/t13-/m0/s1. The predicted molar refractivity (Wildman–Crippen MR) is 117 cm³/mol. The molecule has 0 radical (unpaired) electrons. The van der Waals surface area contributed by atoms with Crippen molar-refractivity contribution in [2.24, 2.45) is 0 Å². The molecule has 0 aliphatic carbocycles. The van der Waals surface area contributed by atoms with Crippen LogP contribution in [0, 0.1) is 5.82 Å². The van der Waals surface area contributed by atoms with Crippen LogP contribution in [0.15, 0.2) is 18.3 Å². The average molecular weight is 484 g/mol. The molecule has 4 heterocycles. The second kappa shape index (κ2) is 9.29. The maximum atomic E-state index is 14.9. The van der Waals surface area contributed by atoms with Gasteiger partial charge in [-0.2, -0.15) is 0 Å². The Bertz CT molecular complexity index is 1020. The lowest BCUT2D eigenvalue weighted by Gasteiger charge is -2.36. The Morgan fingerprint density at radius 2 is 1.94 bits per heavy atom. The lowest BCUT2D eigenvalue weighted by molar-refractivity contribution is -0.119. The highest BCUT2D eigenvalue weighted by atomic mass is 35.5. The van der Waals surface area contributed by atoms with E-state index in [4.69, 9.17) is 27.9 Å². The molecule has 4 rings (SSSR count). The number of pyridine rings is 1. The fourth-order valence-electron chi connectivity index (χ4n) is 3.59. The van der Waals surface area contributed by atoms with Crippen molar-refractivity contribution in [2.45, 2.75) is 13.0 Å². The summed E-state index contributed by atoms with van der Waals surface area (Å²) in [5.74, 6) is 0.0547. The highest BCUT2D eigenvalue weighted by Crippen LogP contribution is 2.27. The number of anilines is 3. The number of aromatic nitrogens is 3. The maximum Gasteiger partial charge on any atom is 0.414 e. The molecule has 13 heteroatoms. The van der Waals surface area contributed by atoms with E-state index < -0.39 is 18.0 Å². The molecule has 170 valence electrons. The number of rotatable bonds is 5. The fraction of sp³-hybridized carbons (Fsp3) is 0.421. The molecular formula is C19H20Cl2FN7O3. The Kier molecular flexibility index (Phi) is 6.47. The first-order valence-electron chi connectivity index (χ1n) is 9.88. The summed E-state index contributed by atoms with van der Waals surface area (Å²) in [5, 5.41) is 2.92. The van der Waals surface area contributed by atoms with Crippen LogP contribution in [-0.2, 0) is 9.53 Å².